The summed E-state index contributed by atoms with van der Waals surface area (Å²) in [5.41, 5.74) is 1.59. The van der Waals surface area contributed by atoms with Crippen LogP contribution in [0.1, 0.15) is 58.9 Å². The molecule has 1 heterocycles. The van der Waals surface area contributed by atoms with E-state index in [1.165, 1.54) is 24.8 Å². The third kappa shape index (κ3) is 3.84. The molecular weight excluding hydrogens is 210 g/mol. The molecule has 3 nitrogen and oxygen atoms in total. The molecule has 0 atom stereocenters. The van der Waals surface area contributed by atoms with Gasteiger partial charge in [0.05, 0.1) is 6.20 Å². The smallest absolute Gasteiger partial charge is 0.0534 e. The molecule has 1 N–H and O–H groups in total. The van der Waals surface area contributed by atoms with E-state index in [1.807, 2.05) is 10.9 Å². The monoisotopic (exact) mass is 237 g/mol. The molecule has 1 aromatic rings. The van der Waals surface area contributed by atoms with Gasteiger partial charge in [-0.1, -0.05) is 27.7 Å². The summed E-state index contributed by atoms with van der Waals surface area (Å²) in [6, 6.07) is 0. The van der Waals surface area contributed by atoms with E-state index in [-0.39, 0.29) is 0 Å². The first-order valence-corrected chi connectivity index (χ1v) is 6.96. The van der Waals surface area contributed by atoms with Crippen molar-refractivity contribution in [2.75, 3.05) is 0 Å². The minimum atomic E-state index is 0.298. The number of aryl methyl sites for hydroxylation is 1. The summed E-state index contributed by atoms with van der Waals surface area (Å²) in [5, 5.41) is 8.06. The van der Waals surface area contributed by atoms with E-state index in [4.69, 9.17) is 0 Å². The zero-order chi connectivity index (χ0) is 12.7. The predicted molar refractivity (Wildman–Crippen MR) is 73.0 cm³/mol. The lowest BCUT2D eigenvalue weighted by atomic mass is 9.90. The molecule has 17 heavy (non-hydrogen) atoms. The molecule has 0 fully saturated rings. The molecule has 1 aromatic heterocycles. The molecule has 0 amide bonds. The highest BCUT2D eigenvalue weighted by Crippen LogP contribution is 2.19. The minimum absolute atomic E-state index is 0.298. The number of aromatic nitrogens is 2. The lowest BCUT2D eigenvalue weighted by Gasteiger charge is -2.31. The van der Waals surface area contributed by atoms with Gasteiger partial charge in [-0.15, -0.1) is 0 Å². The Labute approximate surface area is 106 Å². The lowest BCUT2D eigenvalue weighted by Crippen LogP contribution is -2.42. The Hall–Kier alpha value is -0.830. The van der Waals surface area contributed by atoms with Gasteiger partial charge < -0.3 is 5.32 Å². The van der Waals surface area contributed by atoms with Crippen LogP contribution in [0, 0.1) is 0 Å². The van der Waals surface area contributed by atoms with Crippen molar-refractivity contribution in [1.82, 2.24) is 15.1 Å². The molecule has 0 unspecified atom stereocenters. The fourth-order valence-corrected chi connectivity index (χ4v) is 2.26. The number of nitrogens with one attached hydrogen (secondary N) is 1. The number of rotatable bonds is 8. The highest BCUT2D eigenvalue weighted by molar-refractivity contribution is 5.04. The molecule has 3 heteroatoms. The molecule has 0 radical (unpaired) electrons. The molecule has 0 bridgehead atoms. The molecule has 0 aromatic carbocycles. The third-order valence-corrected chi connectivity index (χ3v) is 3.84. The predicted octanol–water partition coefficient (Wildman–Crippen LogP) is 3.35. The van der Waals surface area contributed by atoms with Crippen LogP contribution < -0.4 is 5.32 Å². The molecule has 98 valence electrons. The summed E-state index contributed by atoms with van der Waals surface area (Å²) in [4.78, 5) is 0. The quantitative estimate of drug-likeness (QED) is 0.751. The van der Waals surface area contributed by atoms with Crippen molar-refractivity contribution in [3.8, 4) is 0 Å². The van der Waals surface area contributed by atoms with E-state index in [0.717, 1.165) is 19.5 Å². The van der Waals surface area contributed by atoms with E-state index in [2.05, 4.69) is 44.3 Å². The summed E-state index contributed by atoms with van der Waals surface area (Å²) >= 11 is 0. The zero-order valence-electron chi connectivity index (χ0n) is 11.8. The van der Waals surface area contributed by atoms with Crippen LogP contribution >= 0.6 is 0 Å². The van der Waals surface area contributed by atoms with Crippen LogP contribution in [0.3, 0.4) is 0 Å². The maximum atomic E-state index is 4.36. The summed E-state index contributed by atoms with van der Waals surface area (Å²) < 4.78 is 2.03. The van der Waals surface area contributed by atoms with Crippen LogP contribution in [-0.4, -0.2) is 15.3 Å². The zero-order valence-corrected chi connectivity index (χ0v) is 11.8. The molecule has 0 aliphatic rings. The number of nitrogens with zero attached hydrogens (tertiary/aromatic N) is 2. The van der Waals surface area contributed by atoms with Crippen LogP contribution in [0.5, 0.6) is 0 Å². The van der Waals surface area contributed by atoms with Crippen molar-refractivity contribution in [1.29, 1.82) is 0 Å². The average Bonchev–Trinajstić information content (AvgIpc) is 2.80. The SMILES string of the molecule is CCCn1cc(CNC(CC)(CC)CC)cn1. The Morgan fingerprint density at radius 1 is 1.18 bits per heavy atom. The van der Waals surface area contributed by atoms with Crippen LogP contribution in [0.2, 0.25) is 0 Å². The van der Waals surface area contributed by atoms with E-state index in [1.54, 1.807) is 0 Å². The molecule has 1 rings (SSSR count). The van der Waals surface area contributed by atoms with E-state index in [0.29, 0.717) is 5.54 Å². The minimum Gasteiger partial charge on any atom is -0.307 e. The van der Waals surface area contributed by atoms with Crippen molar-refractivity contribution >= 4 is 0 Å². The molecular formula is C14H27N3. The second-order valence-corrected chi connectivity index (χ2v) is 4.81. The maximum Gasteiger partial charge on any atom is 0.0534 e. The van der Waals surface area contributed by atoms with Gasteiger partial charge in [0.25, 0.3) is 0 Å². The average molecular weight is 237 g/mol. The first-order chi connectivity index (χ1) is 8.19. The first kappa shape index (κ1) is 14.2. The van der Waals surface area contributed by atoms with E-state index < -0.39 is 0 Å². The highest BCUT2D eigenvalue weighted by atomic mass is 15.3. The van der Waals surface area contributed by atoms with Crippen molar-refractivity contribution in [2.45, 2.75) is 72.0 Å². The molecule has 0 saturated heterocycles. The van der Waals surface area contributed by atoms with Gasteiger partial charge in [-0.25, -0.2) is 0 Å². The van der Waals surface area contributed by atoms with Gasteiger partial charge in [-0.05, 0) is 25.7 Å². The second-order valence-electron chi connectivity index (χ2n) is 4.81. The van der Waals surface area contributed by atoms with Crippen molar-refractivity contribution in [2.24, 2.45) is 0 Å². The summed E-state index contributed by atoms with van der Waals surface area (Å²) in [6.07, 6.45) is 8.82. The number of hydrogen-bond donors (Lipinski definition) is 1. The Balaban J connectivity index is 2.53. The van der Waals surface area contributed by atoms with Gasteiger partial charge in [0.15, 0.2) is 0 Å². The van der Waals surface area contributed by atoms with Gasteiger partial charge in [-0.3, -0.25) is 4.68 Å². The summed E-state index contributed by atoms with van der Waals surface area (Å²) in [7, 11) is 0. The Bertz CT molecular complexity index is 305. The van der Waals surface area contributed by atoms with Gasteiger partial charge in [0, 0.05) is 30.4 Å². The molecule has 0 saturated carbocycles. The molecule has 0 spiro atoms. The van der Waals surface area contributed by atoms with Crippen LogP contribution in [0.25, 0.3) is 0 Å². The maximum absolute atomic E-state index is 4.36. The number of hydrogen-bond acceptors (Lipinski definition) is 2. The molecule has 0 aliphatic carbocycles. The van der Waals surface area contributed by atoms with Gasteiger partial charge in [0.2, 0.25) is 0 Å². The van der Waals surface area contributed by atoms with Crippen molar-refractivity contribution < 1.29 is 0 Å². The van der Waals surface area contributed by atoms with Gasteiger partial charge >= 0.3 is 0 Å². The van der Waals surface area contributed by atoms with Gasteiger partial charge in [-0.2, -0.15) is 5.10 Å². The Morgan fingerprint density at radius 3 is 2.35 bits per heavy atom. The van der Waals surface area contributed by atoms with E-state index in [9.17, 15) is 0 Å². The third-order valence-electron chi connectivity index (χ3n) is 3.84. The largest absolute Gasteiger partial charge is 0.307 e. The highest BCUT2D eigenvalue weighted by Gasteiger charge is 2.22. The van der Waals surface area contributed by atoms with Crippen molar-refractivity contribution in [3.63, 3.8) is 0 Å². The Morgan fingerprint density at radius 2 is 1.82 bits per heavy atom. The normalized spacial score (nSPS) is 12.0. The van der Waals surface area contributed by atoms with Crippen LogP contribution in [0.4, 0.5) is 0 Å². The fraction of sp³-hybridized carbons (Fsp3) is 0.786. The van der Waals surface area contributed by atoms with Crippen LogP contribution in [0.15, 0.2) is 12.4 Å². The first-order valence-electron chi connectivity index (χ1n) is 6.96. The topological polar surface area (TPSA) is 29.9 Å². The molecule has 0 aliphatic heterocycles. The standard InChI is InChI=1S/C14H27N3/c1-5-9-17-12-13(11-16-17)10-15-14(6-2,7-3)8-4/h11-12,15H,5-10H2,1-4H3. The van der Waals surface area contributed by atoms with Gasteiger partial charge in [0.1, 0.15) is 0 Å². The lowest BCUT2D eigenvalue weighted by molar-refractivity contribution is 0.288. The van der Waals surface area contributed by atoms with Crippen molar-refractivity contribution in [3.05, 3.63) is 18.0 Å². The second kappa shape index (κ2) is 6.80. The van der Waals surface area contributed by atoms with E-state index >= 15 is 0 Å². The Kier molecular flexibility index (Phi) is 5.69. The van der Waals surface area contributed by atoms with Crippen LogP contribution in [-0.2, 0) is 13.1 Å². The summed E-state index contributed by atoms with van der Waals surface area (Å²) in [5.74, 6) is 0. The fourth-order valence-electron chi connectivity index (χ4n) is 2.26. The summed E-state index contributed by atoms with van der Waals surface area (Å²) in [6.45, 7) is 10.9.